The number of rotatable bonds is 3. The lowest BCUT2D eigenvalue weighted by atomic mass is 10.2. The Bertz CT molecular complexity index is 812. The van der Waals surface area contributed by atoms with Gasteiger partial charge in [0.25, 0.3) is 10.0 Å². The number of aryl methyl sites for hydroxylation is 1. The Balaban J connectivity index is 2.54. The first-order valence-corrected chi connectivity index (χ1v) is 8.92. The molecule has 1 heterocycles. The van der Waals surface area contributed by atoms with Crippen LogP contribution in [-0.2, 0) is 10.0 Å². The molecule has 2 aromatic rings. The zero-order valence-corrected chi connectivity index (χ0v) is 15.2. The molecule has 2 rings (SSSR count). The van der Waals surface area contributed by atoms with E-state index in [1.165, 1.54) is 18.3 Å². The van der Waals surface area contributed by atoms with Gasteiger partial charge < -0.3 is 0 Å². The molecule has 0 saturated carbocycles. The van der Waals surface area contributed by atoms with Crippen LogP contribution in [0.5, 0.6) is 0 Å². The van der Waals surface area contributed by atoms with Gasteiger partial charge in [0, 0.05) is 6.20 Å². The van der Waals surface area contributed by atoms with Crippen molar-refractivity contribution in [3.05, 3.63) is 49.6 Å². The predicted molar refractivity (Wildman–Crippen MR) is 89.0 cm³/mol. The molecule has 1 aromatic carbocycles. The predicted octanol–water partition coefficient (Wildman–Crippen LogP) is 4.91. The van der Waals surface area contributed by atoms with E-state index in [-0.39, 0.29) is 25.7 Å². The first-order valence-electron chi connectivity index (χ1n) is 5.51. The molecule has 1 N–H and O–H groups in total. The number of nitrogens with zero attached hydrogens (tertiary/aromatic N) is 1. The second kappa shape index (κ2) is 6.30. The fourth-order valence-corrected chi connectivity index (χ4v) is 4.42. The highest BCUT2D eigenvalue weighted by molar-refractivity contribution is 9.10. The van der Waals surface area contributed by atoms with Crippen molar-refractivity contribution in [1.82, 2.24) is 4.98 Å². The Labute approximate surface area is 145 Å². The van der Waals surface area contributed by atoms with Crippen LogP contribution >= 0.6 is 50.7 Å². The third-order valence-electron chi connectivity index (χ3n) is 2.56. The normalized spacial score (nSPS) is 11.5. The topological polar surface area (TPSA) is 59.1 Å². The van der Waals surface area contributed by atoms with E-state index >= 15 is 0 Å². The molecular formula is C12H8BrCl3N2O2S. The maximum absolute atomic E-state index is 12.5. The summed E-state index contributed by atoms with van der Waals surface area (Å²) in [5, 5.41) is 0.391. The van der Waals surface area contributed by atoms with Gasteiger partial charge in [0.15, 0.2) is 0 Å². The minimum Gasteiger partial charge on any atom is -0.277 e. The molecule has 0 atom stereocenters. The molecule has 112 valence electrons. The second-order valence-electron chi connectivity index (χ2n) is 4.10. The molecule has 0 aliphatic rings. The Morgan fingerprint density at radius 2 is 1.90 bits per heavy atom. The van der Waals surface area contributed by atoms with E-state index in [4.69, 9.17) is 34.8 Å². The van der Waals surface area contributed by atoms with Crippen LogP contribution in [0.4, 0.5) is 5.69 Å². The summed E-state index contributed by atoms with van der Waals surface area (Å²) in [7, 11) is -3.98. The van der Waals surface area contributed by atoms with Crippen molar-refractivity contribution < 1.29 is 8.42 Å². The van der Waals surface area contributed by atoms with Crippen LogP contribution in [-0.4, -0.2) is 13.4 Å². The van der Waals surface area contributed by atoms with Crippen LogP contribution in [0, 0.1) is 6.92 Å². The third-order valence-corrected chi connectivity index (χ3v) is 5.88. The van der Waals surface area contributed by atoms with Crippen molar-refractivity contribution in [2.45, 2.75) is 11.8 Å². The summed E-state index contributed by atoms with van der Waals surface area (Å²) in [5.74, 6) is 0. The van der Waals surface area contributed by atoms with Gasteiger partial charge in [-0.2, -0.15) is 0 Å². The number of pyridine rings is 1. The number of halogens is 4. The first kappa shape index (κ1) is 16.8. The van der Waals surface area contributed by atoms with Crippen molar-refractivity contribution in [3.63, 3.8) is 0 Å². The molecule has 0 amide bonds. The maximum atomic E-state index is 12.5. The van der Waals surface area contributed by atoms with E-state index in [0.717, 1.165) is 0 Å². The lowest BCUT2D eigenvalue weighted by Crippen LogP contribution is -2.15. The summed E-state index contributed by atoms with van der Waals surface area (Å²) in [6.45, 7) is 1.69. The molecule has 4 nitrogen and oxygen atoms in total. The SMILES string of the molecule is Cc1ccc(Cl)c(S(=O)(=O)Nc2cc(Cl)cnc2Br)c1Cl. The van der Waals surface area contributed by atoms with Crippen molar-refractivity contribution in [1.29, 1.82) is 0 Å². The van der Waals surface area contributed by atoms with Gasteiger partial charge in [0.05, 0.1) is 20.8 Å². The van der Waals surface area contributed by atoms with Crippen LogP contribution in [0.1, 0.15) is 5.56 Å². The molecule has 0 fully saturated rings. The van der Waals surface area contributed by atoms with Gasteiger partial charge in [0.2, 0.25) is 0 Å². The Morgan fingerprint density at radius 3 is 2.57 bits per heavy atom. The van der Waals surface area contributed by atoms with Crippen LogP contribution < -0.4 is 4.72 Å². The third kappa shape index (κ3) is 3.63. The highest BCUT2D eigenvalue weighted by Crippen LogP contribution is 2.34. The van der Waals surface area contributed by atoms with Crippen molar-refractivity contribution in [2.24, 2.45) is 0 Å². The summed E-state index contributed by atoms with van der Waals surface area (Å²) < 4.78 is 27.6. The monoisotopic (exact) mass is 428 g/mol. The van der Waals surface area contributed by atoms with Gasteiger partial charge in [-0.05, 0) is 40.5 Å². The van der Waals surface area contributed by atoms with Gasteiger partial charge in [-0.1, -0.05) is 40.9 Å². The Morgan fingerprint density at radius 1 is 1.24 bits per heavy atom. The maximum Gasteiger partial charge on any atom is 0.264 e. The largest absolute Gasteiger partial charge is 0.277 e. The summed E-state index contributed by atoms with van der Waals surface area (Å²) in [5.41, 5.74) is 0.792. The molecule has 0 radical (unpaired) electrons. The molecule has 0 aliphatic heterocycles. The van der Waals surface area contributed by atoms with Crippen molar-refractivity contribution in [2.75, 3.05) is 4.72 Å². The van der Waals surface area contributed by atoms with Crippen LogP contribution in [0.25, 0.3) is 0 Å². The van der Waals surface area contributed by atoms with Gasteiger partial charge in [0.1, 0.15) is 9.50 Å². The highest BCUT2D eigenvalue weighted by Gasteiger charge is 2.24. The second-order valence-corrected chi connectivity index (χ2v) is 7.70. The molecule has 0 saturated heterocycles. The van der Waals surface area contributed by atoms with Crippen LogP contribution in [0.3, 0.4) is 0 Å². The van der Waals surface area contributed by atoms with Gasteiger partial charge in [-0.25, -0.2) is 13.4 Å². The Kier molecular flexibility index (Phi) is 5.05. The molecule has 0 spiro atoms. The van der Waals surface area contributed by atoms with E-state index in [9.17, 15) is 8.42 Å². The standard InChI is InChI=1S/C12H8BrCl3N2O2S/c1-6-2-3-8(15)11(10(6)16)21(19,20)18-9-4-7(14)5-17-12(9)13/h2-5,18H,1H3. The number of aromatic nitrogens is 1. The summed E-state index contributed by atoms with van der Waals surface area (Å²) in [6, 6.07) is 4.54. The number of sulfonamides is 1. The van der Waals surface area contributed by atoms with Crippen LogP contribution in [0.15, 0.2) is 33.9 Å². The molecule has 1 aromatic heterocycles. The van der Waals surface area contributed by atoms with E-state index in [1.54, 1.807) is 13.0 Å². The van der Waals surface area contributed by atoms with Gasteiger partial charge >= 0.3 is 0 Å². The number of hydrogen-bond donors (Lipinski definition) is 1. The molecule has 21 heavy (non-hydrogen) atoms. The number of nitrogens with one attached hydrogen (secondary N) is 1. The van der Waals surface area contributed by atoms with Gasteiger partial charge in [-0.15, -0.1) is 0 Å². The fraction of sp³-hybridized carbons (Fsp3) is 0.0833. The summed E-state index contributed by atoms with van der Waals surface area (Å²) >= 11 is 21.0. The number of anilines is 1. The molecule has 0 aliphatic carbocycles. The highest BCUT2D eigenvalue weighted by atomic mass is 79.9. The molecular weight excluding hydrogens is 422 g/mol. The lowest BCUT2D eigenvalue weighted by molar-refractivity contribution is 0.601. The average Bonchev–Trinajstić information content (AvgIpc) is 2.38. The fourth-order valence-electron chi connectivity index (χ4n) is 1.57. The van der Waals surface area contributed by atoms with E-state index in [2.05, 4.69) is 25.6 Å². The molecule has 9 heteroatoms. The minimum atomic E-state index is -3.98. The first-order chi connectivity index (χ1) is 9.72. The van der Waals surface area contributed by atoms with Crippen molar-refractivity contribution in [3.8, 4) is 0 Å². The minimum absolute atomic E-state index is 0.0317. The van der Waals surface area contributed by atoms with E-state index < -0.39 is 10.0 Å². The van der Waals surface area contributed by atoms with E-state index in [0.29, 0.717) is 10.2 Å². The smallest absolute Gasteiger partial charge is 0.264 e. The van der Waals surface area contributed by atoms with Crippen LogP contribution in [0.2, 0.25) is 15.1 Å². The number of hydrogen-bond acceptors (Lipinski definition) is 3. The summed E-state index contributed by atoms with van der Waals surface area (Å²) in [4.78, 5) is 3.73. The quantitative estimate of drug-likeness (QED) is 0.704. The number of benzene rings is 1. The lowest BCUT2D eigenvalue weighted by Gasteiger charge is -2.13. The van der Waals surface area contributed by atoms with E-state index in [1.807, 2.05) is 0 Å². The molecule has 0 bridgehead atoms. The zero-order chi connectivity index (χ0) is 15.8. The Hall–Kier alpha value is -0.530. The van der Waals surface area contributed by atoms with Crippen molar-refractivity contribution >= 4 is 66.4 Å². The van der Waals surface area contributed by atoms with Gasteiger partial charge in [-0.3, -0.25) is 4.72 Å². The summed E-state index contributed by atoms with van der Waals surface area (Å²) in [6.07, 6.45) is 1.38. The molecule has 0 unspecified atom stereocenters. The zero-order valence-electron chi connectivity index (χ0n) is 10.5. The average molecular weight is 431 g/mol.